The highest BCUT2D eigenvalue weighted by molar-refractivity contribution is 6.30. The highest BCUT2D eigenvalue weighted by Gasteiger charge is 2.22. The van der Waals surface area contributed by atoms with Gasteiger partial charge in [-0.3, -0.25) is 4.79 Å². The van der Waals surface area contributed by atoms with Gasteiger partial charge in [0.25, 0.3) is 5.91 Å². The number of amides is 1. The molecule has 0 spiro atoms. The molecule has 0 aliphatic carbocycles. The topological polar surface area (TPSA) is 56.8 Å². The van der Waals surface area contributed by atoms with E-state index in [9.17, 15) is 4.79 Å². The molecule has 0 unspecified atom stereocenters. The molecule has 1 amide bonds. The van der Waals surface area contributed by atoms with Crippen LogP contribution in [0.4, 0.5) is 0 Å². The monoisotopic (exact) mass is 347 g/mol. The lowest BCUT2D eigenvalue weighted by molar-refractivity contribution is -0.127. The number of halogens is 1. The largest absolute Gasteiger partial charge is 0.486 e. The van der Waals surface area contributed by atoms with Gasteiger partial charge in [0.2, 0.25) is 0 Å². The lowest BCUT2D eigenvalue weighted by Crippen LogP contribution is -2.44. The molecule has 2 aromatic rings. The quantitative estimate of drug-likeness (QED) is 0.903. The lowest BCUT2D eigenvalue weighted by atomic mass is 10.2. The van der Waals surface area contributed by atoms with E-state index in [-0.39, 0.29) is 12.0 Å². The molecule has 5 nitrogen and oxygen atoms in total. The highest BCUT2D eigenvalue weighted by Crippen LogP contribution is 2.30. The predicted molar refractivity (Wildman–Crippen MR) is 90.9 cm³/mol. The van der Waals surface area contributed by atoms with E-state index in [1.807, 2.05) is 24.3 Å². The van der Waals surface area contributed by atoms with Crippen LogP contribution in [0.15, 0.2) is 48.5 Å². The van der Waals surface area contributed by atoms with Gasteiger partial charge >= 0.3 is 0 Å². The average molecular weight is 348 g/mol. The first-order valence-electron chi connectivity index (χ1n) is 7.70. The molecule has 1 N–H and O–H groups in total. The van der Waals surface area contributed by atoms with Crippen molar-refractivity contribution >= 4 is 17.5 Å². The number of rotatable bonds is 5. The van der Waals surface area contributed by atoms with E-state index in [0.29, 0.717) is 29.7 Å². The Hall–Kier alpha value is -2.40. The van der Waals surface area contributed by atoms with Crippen LogP contribution in [0.3, 0.4) is 0 Å². The second-order valence-electron chi connectivity index (χ2n) is 5.46. The number of fused-ring (bicyclic) bond motifs is 1. The first-order chi connectivity index (χ1) is 11.6. The summed E-state index contributed by atoms with van der Waals surface area (Å²) < 4.78 is 17.0. The molecular weight excluding hydrogens is 330 g/mol. The molecule has 1 aliphatic heterocycles. The minimum absolute atomic E-state index is 0.225. The molecule has 0 saturated carbocycles. The van der Waals surface area contributed by atoms with E-state index in [4.69, 9.17) is 25.8 Å². The predicted octanol–water partition coefficient (Wildman–Crippen LogP) is 3.06. The number of carbonyl (C=O) groups excluding carboxylic acids is 1. The Morgan fingerprint density at radius 2 is 2.08 bits per heavy atom. The Morgan fingerprint density at radius 3 is 2.88 bits per heavy atom. The summed E-state index contributed by atoms with van der Waals surface area (Å²) in [4.78, 5) is 12.2. The van der Waals surface area contributed by atoms with Crippen LogP contribution < -0.4 is 19.5 Å². The molecule has 6 heteroatoms. The number of nitrogens with one attached hydrogen (secondary N) is 1. The second kappa shape index (κ2) is 7.45. The van der Waals surface area contributed by atoms with Crippen LogP contribution in [-0.2, 0) is 4.79 Å². The summed E-state index contributed by atoms with van der Waals surface area (Å²) >= 11 is 5.90. The van der Waals surface area contributed by atoms with Crippen molar-refractivity contribution in [3.63, 3.8) is 0 Å². The summed E-state index contributed by atoms with van der Waals surface area (Å²) in [6.45, 7) is 2.42. The Labute approximate surface area is 145 Å². The molecule has 0 bridgehead atoms. The Morgan fingerprint density at radius 1 is 1.29 bits per heavy atom. The minimum Gasteiger partial charge on any atom is -0.486 e. The van der Waals surface area contributed by atoms with Crippen molar-refractivity contribution < 1.29 is 19.0 Å². The maximum Gasteiger partial charge on any atom is 0.260 e. The van der Waals surface area contributed by atoms with Gasteiger partial charge in [-0.15, -0.1) is 0 Å². The van der Waals surface area contributed by atoms with Gasteiger partial charge in [-0.05, 0) is 37.3 Å². The van der Waals surface area contributed by atoms with Crippen molar-refractivity contribution in [3.8, 4) is 17.2 Å². The SMILES string of the molecule is C[C@H](Oc1cccc(Cl)c1)C(=O)NC[C@@H]1COc2ccccc2O1. The zero-order chi connectivity index (χ0) is 16.9. The van der Waals surface area contributed by atoms with Crippen LogP contribution in [0, 0.1) is 0 Å². The van der Waals surface area contributed by atoms with Gasteiger partial charge < -0.3 is 19.5 Å². The minimum atomic E-state index is -0.639. The molecule has 0 fully saturated rings. The summed E-state index contributed by atoms with van der Waals surface area (Å²) in [6.07, 6.45) is -0.873. The summed E-state index contributed by atoms with van der Waals surface area (Å²) in [5.74, 6) is 1.73. The van der Waals surface area contributed by atoms with Crippen LogP contribution in [0.1, 0.15) is 6.92 Å². The first-order valence-corrected chi connectivity index (χ1v) is 8.08. The van der Waals surface area contributed by atoms with Crippen molar-refractivity contribution in [2.45, 2.75) is 19.1 Å². The number of hydrogen-bond donors (Lipinski definition) is 1. The number of carbonyl (C=O) groups is 1. The van der Waals surface area contributed by atoms with Gasteiger partial charge in [-0.25, -0.2) is 0 Å². The van der Waals surface area contributed by atoms with E-state index in [1.165, 1.54) is 0 Å². The van der Waals surface area contributed by atoms with Crippen LogP contribution >= 0.6 is 11.6 Å². The number of ether oxygens (including phenoxy) is 3. The second-order valence-corrected chi connectivity index (χ2v) is 5.90. The van der Waals surface area contributed by atoms with Gasteiger partial charge in [0.1, 0.15) is 18.5 Å². The molecule has 24 heavy (non-hydrogen) atoms. The fourth-order valence-electron chi connectivity index (χ4n) is 2.32. The third-order valence-electron chi connectivity index (χ3n) is 3.55. The molecule has 126 valence electrons. The fourth-order valence-corrected chi connectivity index (χ4v) is 2.50. The molecule has 0 radical (unpaired) electrons. The van der Waals surface area contributed by atoms with E-state index >= 15 is 0 Å². The number of hydrogen-bond acceptors (Lipinski definition) is 4. The van der Waals surface area contributed by atoms with Gasteiger partial charge in [0.05, 0.1) is 6.54 Å². The standard InChI is InChI=1S/C18H18ClNO4/c1-12(23-14-6-4-5-13(19)9-14)18(21)20-10-15-11-22-16-7-2-3-8-17(16)24-15/h2-9,12,15H,10-11H2,1H3,(H,20,21)/t12-,15+/m0/s1. The van der Waals surface area contributed by atoms with Crippen molar-refractivity contribution in [2.24, 2.45) is 0 Å². The normalized spacial score (nSPS) is 17.0. The molecule has 2 atom stereocenters. The first kappa shape index (κ1) is 16.5. The Bertz CT molecular complexity index is 722. The van der Waals surface area contributed by atoms with Crippen molar-refractivity contribution in [1.82, 2.24) is 5.32 Å². The highest BCUT2D eigenvalue weighted by atomic mass is 35.5. The smallest absolute Gasteiger partial charge is 0.260 e. The molecule has 0 saturated heterocycles. The molecule has 0 aromatic heterocycles. The Kier molecular flexibility index (Phi) is 5.11. The average Bonchev–Trinajstić information content (AvgIpc) is 2.59. The number of para-hydroxylation sites is 2. The van der Waals surface area contributed by atoms with Gasteiger partial charge in [-0.2, -0.15) is 0 Å². The Balaban J connectivity index is 1.49. The fraction of sp³-hybridized carbons (Fsp3) is 0.278. The lowest BCUT2D eigenvalue weighted by Gasteiger charge is -2.27. The van der Waals surface area contributed by atoms with Crippen molar-refractivity contribution in [3.05, 3.63) is 53.6 Å². The molecular formula is C18H18ClNO4. The third kappa shape index (κ3) is 4.11. The molecule has 1 aliphatic rings. The summed E-state index contributed by atoms with van der Waals surface area (Å²) in [6, 6.07) is 14.4. The molecule has 3 rings (SSSR count). The summed E-state index contributed by atoms with van der Waals surface area (Å²) in [5, 5.41) is 3.38. The summed E-state index contributed by atoms with van der Waals surface area (Å²) in [5.41, 5.74) is 0. The van der Waals surface area contributed by atoms with Gasteiger partial charge in [-0.1, -0.05) is 29.8 Å². The van der Waals surface area contributed by atoms with E-state index in [1.54, 1.807) is 31.2 Å². The maximum atomic E-state index is 12.2. The van der Waals surface area contributed by atoms with Crippen LogP contribution in [0.2, 0.25) is 5.02 Å². The van der Waals surface area contributed by atoms with Crippen LogP contribution in [0.5, 0.6) is 17.2 Å². The van der Waals surface area contributed by atoms with Gasteiger partial charge in [0.15, 0.2) is 17.6 Å². The van der Waals surface area contributed by atoms with Crippen LogP contribution in [0.25, 0.3) is 0 Å². The van der Waals surface area contributed by atoms with E-state index in [0.717, 1.165) is 5.75 Å². The van der Waals surface area contributed by atoms with Crippen molar-refractivity contribution in [2.75, 3.05) is 13.2 Å². The maximum absolute atomic E-state index is 12.2. The summed E-state index contributed by atoms with van der Waals surface area (Å²) in [7, 11) is 0. The van der Waals surface area contributed by atoms with E-state index < -0.39 is 6.10 Å². The number of benzene rings is 2. The zero-order valence-electron chi connectivity index (χ0n) is 13.2. The van der Waals surface area contributed by atoms with Gasteiger partial charge in [0, 0.05) is 5.02 Å². The molecule has 2 aromatic carbocycles. The zero-order valence-corrected chi connectivity index (χ0v) is 14.0. The molecule has 1 heterocycles. The van der Waals surface area contributed by atoms with Crippen LogP contribution in [-0.4, -0.2) is 31.3 Å². The van der Waals surface area contributed by atoms with E-state index in [2.05, 4.69) is 5.32 Å². The third-order valence-corrected chi connectivity index (χ3v) is 3.78. The van der Waals surface area contributed by atoms with Crippen molar-refractivity contribution in [1.29, 1.82) is 0 Å².